The first kappa shape index (κ1) is 19.5. The number of carbonyl (C=O) groups excluding carboxylic acids is 3. The fourth-order valence-electron chi connectivity index (χ4n) is 3.43. The van der Waals surface area contributed by atoms with Gasteiger partial charge in [-0.1, -0.05) is 19.1 Å². The van der Waals surface area contributed by atoms with E-state index in [9.17, 15) is 18.8 Å². The third kappa shape index (κ3) is 3.24. The van der Waals surface area contributed by atoms with Crippen LogP contribution in [0.5, 0.6) is 5.75 Å². The van der Waals surface area contributed by atoms with Crippen molar-refractivity contribution < 1.29 is 23.5 Å². The van der Waals surface area contributed by atoms with Crippen molar-refractivity contribution in [3.8, 4) is 5.75 Å². The zero-order chi connectivity index (χ0) is 20.5. The number of Topliss-reactive ketones (excluding diaryl/α,β-unsaturated/α-hetero) is 1. The van der Waals surface area contributed by atoms with E-state index in [1.54, 1.807) is 25.1 Å². The second kappa shape index (κ2) is 7.42. The molecule has 0 radical (unpaired) electrons. The maximum Gasteiger partial charge on any atom is 0.325 e. The summed E-state index contributed by atoms with van der Waals surface area (Å²) in [5.74, 6) is -0.506. The van der Waals surface area contributed by atoms with E-state index in [2.05, 4.69) is 5.32 Å². The molecule has 0 aromatic heterocycles. The highest BCUT2D eigenvalue weighted by molar-refractivity contribution is 6.07. The molecular formula is C21H21FN2O4. The summed E-state index contributed by atoms with van der Waals surface area (Å²) in [5, 5.41) is 2.76. The molecule has 1 saturated heterocycles. The van der Waals surface area contributed by atoms with Gasteiger partial charge in [-0.15, -0.1) is 0 Å². The molecule has 28 heavy (non-hydrogen) atoms. The van der Waals surface area contributed by atoms with Gasteiger partial charge in [0.25, 0.3) is 5.91 Å². The van der Waals surface area contributed by atoms with Crippen LogP contribution in [0.25, 0.3) is 0 Å². The average molecular weight is 384 g/mol. The van der Waals surface area contributed by atoms with Crippen molar-refractivity contribution in [2.45, 2.75) is 32.4 Å². The van der Waals surface area contributed by atoms with Gasteiger partial charge in [0.2, 0.25) is 0 Å². The number of nitrogens with zero attached hydrogens (tertiary/aromatic N) is 1. The number of urea groups is 1. The topological polar surface area (TPSA) is 75.7 Å². The number of hydrogen-bond donors (Lipinski definition) is 1. The van der Waals surface area contributed by atoms with Gasteiger partial charge in [-0.05, 0) is 49.2 Å². The van der Waals surface area contributed by atoms with Gasteiger partial charge >= 0.3 is 6.03 Å². The first-order valence-electron chi connectivity index (χ1n) is 8.90. The quantitative estimate of drug-likeness (QED) is 0.612. The minimum atomic E-state index is -1.25. The van der Waals surface area contributed by atoms with Gasteiger partial charge in [-0.3, -0.25) is 14.5 Å². The second-order valence-corrected chi connectivity index (χ2v) is 6.67. The molecule has 0 saturated carbocycles. The molecule has 146 valence electrons. The number of amides is 3. The Morgan fingerprint density at radius 3 is 2.43 bits per heavy atom. The predicted octanol–water partition coefficient (Wildman–Crippen LogP) is 3.39. The normalized spacial score (nSPS) is 18.9. The molecule has 0 unspecified atom stereocenters. The van der Waals surface area contributed by atoms with Crippen LogP contribution in [0.2, 0.25) is 0 Å². The van der Waals surface area contributed by atoms with Gasteiger partial charge in [0.05, 0.1) is 13.7 Å². The van der Waals surface area contributed by atoms with Crippen molar-refractivity contribution in [2.75, 3.05) is 7.11 Å². The summed E-state index contributed by atoms with van der Waals surface area (Å²) in [6.45, 7) is 3.18. The van der Waals surface area contributed by atoms with E-state index in [1.807, 2.05) is 0 Å². The summed E-state index contributed by atoms with van der Waals surface area (Å²) in [6, 6.07) is 9.85. The minimum Gasteiger partial charge on any atom is -0.496 e. The molecule has 2 aromatic rings. The van der Waals surface area contributed by atoms with Crippen LogP contribution >= 0.6 is 0 Å². The lowest BCUT2D eigenvalue weighted by atomic mass is 9.87. The number of rotatable bonds is 6. The van der Waals surface area contributed by atoms with Crippen molar-refractivity contribution in [3.63, 3.8) is 0 Å². The molecular weight excluding hydrogens is 363 g/mol. The standard InChI is InChI=1S/C21H21FN2O4/c1-4-21(16-6-8-17(22)9-7-16)19(26)24(20(27)23-21)12-15-11-14(13(2)25)5-10-18(15)28-3/h5-11H,4,12H2,1-3H3,(H,23,27)/t21-/m0/s1. The lowest BCUT2D eigenvalue weighted by Crippen LogP contribution is -2.43. The second-order valence-electron chi connectivity index (χ2n) is 6.67. The van der Waals surface area contributed by atoms with Crippen LogP contribution < -0.4 is 10.1 Å². The van der Waals surface area contributed by atoms with Gasteiger partial charge in [0.1, 0.15) is 17.1 Å². The summed E-state index contributed by atoms with van der Waals surface area (Å²) in [5.41, 5.74) is 0.269. The van der Waals surface area contributed by atoms with Crippen LogP contribution in [0.1, 0.15) is 41.8 Å². The molecule has 1 aliphatic rings. The molecule has 7 heteroatoms. The Kier molecular flexibility index (Phi) is 5.18. The van der Waals surface area contributed by atoms with Crippen molar-refractivity contribution in [1.29, 1.82) is 0 Å². The molecule has 2 aromatic carbocycles. The largest absolute Gasteiger partial charge is 0.496 e. The highest BCUT2D eigenvalue weighted by Crippen LogP contribution is 2.34. The van der Waals surface area contributed by atoms with E-state index in [1.165, 1.54) is 38.3 Å². The van der Waals surface area contributed by atoms with E-state index < -0.39 is 23.3 Å². The molecule has 3 amide bonds. The number of imide groups is 1. The monoisotopic (exact) mass is 384 g/mol. The highest BCUT2D eigenvalue weighted by Gasteiger charge is 2.51. The van der Waals surface area contributed by atoms with E-state index in [0.29, 0.717) is 28.9 Å². The number of carbonyl (C=O) groups is 3. The lowest BCUT2D eigenvalue weighted by Gasteiger charge is -2.26. The molecule has 1 N–H and O–H groups in total. The third-order valence-electron chi connectivity index (χ3n) is 5.06. The molecule has 1 atom stereocenters. The van der Waals surface area contributed by atoms with Gasteiger partial charge in [-0.2, -0.15) is 0 Å². The molecule has 3 rings (SSSR count). The van der Waals surface area contributed by atoms with Crippen LogP contribution in [-0.4, -0.2) is 29.7 Å². The van der Waals surface area contributed by atoms with Crippen LogP contribution in [0, 0.1) is 5.82 Å². The van der Waals surface area contributed by atoms with E-state index in [4.69, 9.17) is 4.74 Å². The smallest absolute Gasteiger partial charge is 0.325 e. The fraction of sp³-hybridized carbons (Fsp3) is 0.286. The summed E-state index contributed by atoms with van der Waals surface area (Å²) in [4.78, 5) is 38.6. The Bertz CT molecular complexity index is 942. The maximum absolute atomic E-state index is 13.3. The average Bonchev–Trinajstić information content (AvgIpc) is 2.93. The Balaban J connectivity index is 1.97. The number of methoxy groups -OCH3 is 1. The molecule has 1 aliphatic heterocycles. The number of halogens is 1. The number of ketones is 1. The van der Waals surface area contributed by atoms with Gasteiger partial charge in [0.15, 0.2) is 5.78 Å². The first-order chi connectivity index (χ1) is 13.3. The van der Waals surface area contributed by atoms with Crippen LogP contribution in [0.15, 0.2) is 42.5 Å². The maximum atomic E-state index is 13.3. The zero-order valence-corrected chi connectivity index (χ0v) is 15.9. The third-order valence-corrected chi connectivity index (χ3v) is 5.06. The first-order valence-corrected chi connectivity index (χ1v) is 8.90. The van der Waals surface area contributed by atoms with Crippen LogP contribution in [0.4, 0.5) is 9.18 Å². The Morgan fingerprint density at radius 2 is 1.86 bits per heavy atom. The van der Waals surface area contributed by atoms with Gasteiger partial charge in [0, 0.05) is 11.1 Å². The molecule has 0 aliphatic carbocycles. The number of nitrogens with one attached hydrogen (secondary N) is 1. The minimum absolute atomic E-state index is 0.0437. The highest BCUT2D eigenvalue weighted by atomic mass is 19.1. The number of hydrogen-bond acceptors (Lipinski definition) is 4. The SMILES string of the molecule is CC[C@@]1(c2ccc(F)cc2)NC(=O)N(Cc2cc(C(C)=O)ccc2OC)C1=O. The van der Waals surface area contributed by atoms with Gasteiger partial charge in [-0.25, -0.2) is 9.18 Å². The van der Waals surface area contributed by atoms with E-state index in [-0.39, 0.29) is 12.3 Å². The van der Waals surface area contributed by atoms with Gasteiger partial charge < -0.3 is 10.1 Å². The number of benzene rings is 2. The van der Waals surface area contributed by atoms with Crippen molar-refractivity contribution in [3.05, 3.63) is 65.0 Å². The predicted molar refractivity (Wildman–Crippen MR) is 100 cm³/mol. The molecule has 1 heterocycles. The Labute approximate surface area is 162 Å². The fourth-order valence-corrected chi connectivity index (χ4v) is 3.43. The molecule has 6 nitrogen and oxygen atoms in total. The molecule has 0 bridgehead atoms. The summed E-state index contributed by atoms with van der Waals surface area (Å²) >= 11 is 0. The number of ether oxygens (including phenoxy) is 1. The van der Waals surface area contributed by atoms with Crippen molar-refractivity contribution in [1.82, 2.24) is 10.2 Å². The zero-order valence-electron chi connectivity index (χ0n) is 15.9. The molecule has 1 fully saturated rings. The summed E-state index contributed by atoms with van der Waals surface area (Å²) < 4.78 is 18.6. The molecule has 0 spiro atoms. The summed E-state index contributed by atoms with van der Waals surface area (Å²) in [7, 11) is 1.48. The Hall–Kier alpha value is -3.22. The lowest BCUT2D eigenvalue weighted by molar-refractivity contribution is -0.132. The van der Waals surface area contributed by atoms with Crippen molar-refractivity contribution >= 4 is 17.7 Å². The van der Waals surface area contributed by atoms with Crippen LogP contribution in [0.3, 0.4) is 0 Å². The Morgan fingerprint density at radius 1 is 1.18 bits per heavy atom. The van der Waals surface area contributed by atoms with Crippen molar-refractivity contribution in [2.24, 2.45) is 0 Å². The van der Waals surface area contributed by atoms with E-state index in [0.717, 1.165) is 4.90 Å². The van der Waals surface area contributed by atoms with E-state index >= 15 is 0 Å². The summed E-state index contributed by atoms with van der Waals surface area (Å²) in [6.07, 6.45) is 0.310. The van der Waals surface area contributed by atoms with Crippen LogP contribution in [-0.2, 0) is 16.9 Å².